The van der Waals surface area contributed by atoms with Crippen molar-refractivity contribution in [2.24, 2.45) is 5.41 Å². The van der Waals surface area contributed by atoms with Gasteiger partial charge in [0.1, 0.15) is 0 Å². The smallest absolute Gasteiger partial charge is 0.0833 e. The number of aliphatic hydroxyl groups is 2. The van der Waals surface area contributed by atoms with E-state index in [9.17, 15) is 5.11 Å². The lowest BCUT2D eigenvalue weighted by atomic mass is 9.84. The topological polar surface area (TPSA) is 40.5 Å². The molecule has 0 aromatic carbocycles. The second-order valence-electron chi connectivity index (χ2n) is 3.56. The molecule has 0 aliphatic rings. The minimum absolute atomic E-state index is 0.0958. The molecular formula is C10H18O2. The molecule has 0 spiro atoms. The Morgan fingerprint density at radius 3 is 2.33 bits per heavy atom. The average Bonchev–Trinajstić information content (AvgIpc) is 2.02. The van der Waals surface area contributed by atoms with Gasteiger partial charge >= 0.3 is 0 Å². The van der Waals surface area contributed by atoms with Crippen LogP contribution in [0.1, 0.15) is 20.8 Å². The number of hydrogen-bond acceptors (Lipinski definition) is 2. The first-order valence-electron chi connectivity index (χ1n) is 4.04. The summed E-state index contributed by atoms with van der Waals surface area (Å²) in [5.41, 5.74) is 0.404. The fraction of sp³-hybridized carbons (Fsp3) is 0.600. The summed E-state index contributed by atoms with van der Waals surface area (Å²) in [6.07, 6.45) is 2.64. The minimum Gasteiger partial charge on any atom is -0.395 e. The lowest BCUT2D eigenvalue weighted by molar-refractivity contribution is 0.0593. The standard InChI is InChI=1S/C10H18O2/c1-5-10(4,7-11)9(12)6-8(2)3/h5-6,9,11-12H,1,7H2,2-4H3/t9-,10-/m0/s1. The van der Waals surface area contributed by atoms with E-state index in [2.05, 4.69) is 6.58 Å². The lowest BCUT2D eigenvalue weighted by Crippen LogP contribution is -2.32. The highest BCUT2D eigenvalue weighted by atomic mass is 16.3. The van der Waals surface area contributed by atoms with Crippen LogP contribution in [0.3, 0.4) is 0 Å². The first-order chi connectivity index (χ1) is 5.46. The average molecular weight is 170 g/mol. The van der Waals surface area contributed by atoms with Crippen LogP contribution in [0.4, 0.5) is 0 Å². The minimum atomic E-state index is -0.662. The maximum atomic E-state index is 9.63. The highest BCUT2D eigenvalue weighted by Gasteiger charge is 2.26. The SMILES string of the molecule is C=C[C@@](C)(CO)[C@@H](O)C=C(C)C. The van der Waals surface area contributed by atoms with Crippen LogP contribution in [0.25, 0.3) is 0 Å². The van der Waals surface area contributed by atoms with Crippen molar-refractivity contribution in [1.29, 1.82) is 0 Å². The Morgan fingerprint density at radius 2 is 2.08 bits per heavy atom. The number of aliphatic hydroxyl groups excluding tert-OH is 2. The van der Waals surface area contributed by atoms with Gasteiger partial charge in [-0.25, -0.2) is 0 Å². The van der Waals surface area contributed by atoms with Gasteiger partial charge in [0.2, 0.25) is 0 Å². The molecule has 0 aliphatic heterocycles. The van der Waals surface area contributed by atoms with Crippen molar-refractivity contribution in [2.45, 2.75) is 26.9 Å². The van der Waals surface area contributed by atoms with E-state index in [-0.39, 0.29) is 6.61 Å². The molecule has 0 aliphatic carbocycles. The molecule has 0 amide bonds. The van der Waals surface area contributed by atoms with E-state index in [0.717, 1.165) is 5.57 Å². The van der Waals surface area contributed by atoms with Gasteiger partial charge in [-0.1, -0.05) is 24.6 Å². The third-order valence-electron chi connectivity index (χ3n) is 1.97. The summed E-state index contributed by atoms with van der Waals surface area (Å²) in [6, 6.07) is 0. The zero-order valence-electron chi connectivity index (χ0n) is 8.04. The van der Waals surface area contributed by atoms with Gasteiger partial charge in [0.25, 0.3) is 0 Å². The Hall–Kier alpha value is -0.600. The Kier molecular flexibility index (Phi) is 4.21. The van der Waals surface area contributed by atoms with Crippen LogP contribution in [0.5, 0.6) is 0 Å². The van der Waals surface area contributed by atoms with Crippen LogP contribution in [-0.2, 0) is 0 Å². The van der Waals surface area contributed by atoms with E-state index in [1.165, 1.54) is 0 Å². The molecule has 0 saturated carbocycles. The zero-order chi connectivity index (χ0) is 9.78. The van der Waals surface area contributed by atoms with Crippen molar-refractivity contribution >= 4 is 0 Å². The second-order valence-corrected chi connectivity index (χ2v) is 3.56. The molecule has 70 valence electrons. The van der Waals surface area contributed by atoms with Crippen molar-refractivity contribution < 1.29 is 10.2 Å². The monoisotopic (exact) mass is 170 g/mol. The van der Waals surface area contributed by atoms with Crippen LogP contribution in [-0.4, -0.2) is 22.9 Å². The molecule has 0 bridgehead atoms. The third kappa shape index (κ3) is 2.80. The van der Waals surface area contributed by atoms with Crippen LogP contribution < -0.4 is 0 Å². The summed E-state index contributed by atoms with van der Waals surface area (Å²) in [5, 5.41) is 18.6. The molecule has 0 saturated heterocycles. The third-order valence-corrected chi connectivity index (χ3v) is 1.97. The Bertz CT molecular complexity index is 180. The maximum absolute atomic E-state index is 9.63. The number of rotatable bonds is 4. The molecule has 0 rings (SSSR count). The molecule has 2 heteroatoms. The summed E-state index contributed by atoms with van der Waals surface area (Å²) < 4.78 is 0. The molecule has 2 atom stereocenters. The fourth-order valence-electron chi connectivity index (χ4n) is 0.785. The summed E-state index contributed by atoms with van der Waals surface area (Å²) in [7, 11) is 0. The van der Waals surface area contributed by atoms with Gasteiger partial charge in [-0.15, -0.1) is 6.58 Å². The first kappa shape index (κ1) is 11.4. The molecule has 0 heterocycles. The molecule has 0 aromatic heterocycles. The van der Waals surface area contributed by atoms with Gasteiger partial charge in [0.05, 0.1) is 12.7 Å². The Labute approximate surface area is 74.2 Å². The van der Waals surface area contributed by atoms with E-state index < -0.39 is 11.5 Å². The number of allylic oxidation sites excluding steroid dienone is 1. The first-order valence-corrected chi connectivity index (χ1v) is 4.04. The van der Waals surface area contributed by atoms with Crippen molar-refractivity contribution in [3.05, 3.63) is 24.3 Å². The molecule has 12 heavy (non-hydrogen) atoms. The van der Waals surface area contributed by atoms with E-state index in [1.807, 2.05) is 13.8 Å². The van der Waals surface area contributed by atoms with Gasteiger partial charge in [0, 0.05) is 5.41 Å². The van der Waals surface area contributed by atoms with Gasteiger partial charge in [-0.3, -0.25) is 0 Å². The molecule has 0 unspecified atom stereocenters. The van der Waals surface area contributed by atoms with Gasteiger partial charge in [0.15, 0.2) is 0 Å². The summed E-state index contributed by atoms with van der Waals surface area (Å²) in [5.74, 6) is 0. The lowest BCUT2D eigenvalue weighted by Gasteiger charge is -2.27. The second kappa shape index (κ2) is 4.43. The van der Waals surface area contributed by atoms with E-state index in [0.29, 0.717) is 0 Å². The van der Waals surface area contributed by atoms with Crippen LogP contribution in [0.15, 0.2) is 24.3 Å². The van der Waals surface area contributed by atoms with Crippen LogP contribution >= 0.6 is 0 Å². The normalized spacial score (nSPS) is 17.8. The molecular weight excluding hydrogens is 152 g/mol. The Morgan fingerprint density at radius 1 is 1.58 bits per heavy atom. The Balaban J connectivity index is 4.53. The molecule has 2 N–H and O–H groups in total. The largest absolute Gasteiger partial charge is 0.395 e. The predicted molar refractivity (Wildman–Crippen MR) is 50.8 cm³/mol. The molecule has 2 nitrogen and oxygen atoms in total. The van der Waals surface area contributed by atoms with Crippen LogP contribution in [0, 0.1) is 5.41 Å². The summed E-state index contributed by atoms with van der Waals surface area (Å²) >= 11 is 0. The fourth-order valence-corrected chi connectivity index (χ4v) is 0.785. The van der Waals surface area contributed by atoms with Crippen LogP contribution in [0.2, 0.25) is 0 Å². The van der Waals surface area contributed by atoms with E-state index >= 15 is 0 Å². The van der Waals surface area contributed by atoms with Crippen molar-refractivity contribution in [3.63, 3.8) is 0 Å². The molecule has 0 aromatic rings. The van der Waals surface area contributed by atoms with Gasteiger partial charge < -0.3 is 10.2 Å². The maximum Gasteiger partial charge on any atom is 0.0833 e. The zero-order valence-corrected chi connectivity index (χ0v) is 8.04. The van der Waals surface area contributed by atoms with Crippen molar-refractivity contribution in [2.75, 3.05) is 6.61 Å². The quantitative estimate of drug-likeness (QED) is 0.628. The number of hydrogen-bond donors (Lipinski definition) is 2. The van der Waals surface area contributed by atoms with E-state index in [1.54, 1.807) is 19.1 Å². The molecule has 0 radical (unpaired) electrons. The van der Waals surface area contributed by atoms with Crippen molar-refractivity contribution in [3.8, 4) is 0 Å². The predicted octanol–water partition coefficient (Wildman–Crippen LogP) is 1.50. The molecule has 0 fully saturated rings. The van der Waals surface area contributed by atoms with Gasteiger partial charge in [-0.05, 0) is 13.8 Å². The van der Waals surface area contributed by atoms with Crippen molar-refractivity contribution in [1.82, 2.24) is 0 Å². The summed E-state index contributed by atoms with van der Waals surface area (Å²) in [6.45, 7) is 9.07. The summed E-state index contributed by atoms with van der Waals surface area (Å²) in [4.78, 5) is 0. The highest BCUT2D eigenvalue weighted by molar-refractivity contribution is 5.08. The van der Waals surface area contributed by atoms with Gasteiger partial charge in [-0.2, -0.15) is 0 Å². The highest BCUT2D eigenvalue weighted by Crippen LogP contribution is 2.23. The van der Waals surface area contributed by atoms with E-state index in [4.69, 9.17) is 5.11 Å².